The van der Waals surface area contributed by atoms with Crippen molar-refractivity contribution in [3.05, 3.63) is 17.8 Å². The van der Waals surface area contributed by atoms with Gasteiger partial charge in [0, 0.05) is 13.3 Å². The zero-order valence-electron chi connectivity index (χ0n) is 8.74. The van der Waals surface area contributed by atoms with Crippen molar-refractivity contribution in [2.45, 2.75) is 33.8 Å². The van der Waals surface area contributed by atoms with E-state index in [2.05, 4.69) is 18.8 Å². The largest absolute Gasteiger partial charge is 0.458 e. The van der Waals surface area contributed by atoms with Gasteiger partial charge in [0.2, 0.25) is 0 Å². The number of esters is 1. The molecule has 0 saturated carbocycles. The zero-order valence-corrected chi connectivity index (χ0v) is 8.74. The normalized spacial score (nSPS) is 10.6. The first-order valence-electron chi connectivity index (χ1n) is 4.65. The van der Waals surface area contributed by atoms with Gasteiger partial charge in [0.15, 0.2) is 18.3 Å². The molecule has 4 heteroatoms. The summed E-state index contributed by atoms with van der Waals surface area (Å²) in [6.45, 7) is 5.72. The Labute approximate surface area is 83.3 Å². The number of hydrogen-bond donors (Lipinski definition) is 0. The second kappa shape index (κ2) is 4.79. The Hall–Kier alpha value is -1.32. The first kappa shape index (κ1) is 10.8. The molecule has 0 radical (unpaired) electrons. The maximum absolute atomic E-state index is 10.5. The van der Waals surface area contributed by atoms with Gasteiger partial charge in [-0.3, -0.25) is 4.79 Å². The average molecular weight is 197 g/mol. The highest BCUT2D eigenvalue weighted by molar-refractivity contribution is 5.65. The van der Waals surface area contributed by atoms with E-state index < -0.39 is 0 Å². The summed E-state index contributed by atoms with van der Waals surface area (Å²) in [5.41, 5.74) is 0. The van der Waals surface area contributed by atoms with Crippen LogP contribution in [0.4, 0.5) is 0 Å². The predicted molar refractivity (Wildman–Crippen MR) is 50.5 cm³/mol. The smallest absolute Gasteiger partial charge is 0.303 e. The highest BCUT2D eigenvalue weighted by Crippen LogP contribution is 2.09. The van der Waals surface area contributed by atoms with Crippen LogP contribution in [0, 0.1) is 5.92 Å². The highest BCUT2D eigenvalue weighted by atomic mass is 16.5. The van der Waals surface area contributed by atoms with Crippen molar-refractivity contribution in [1.82, 2.24) is 4.98 Å². The number of carbonyl (C=O) groups is 1. The van der Waals surface area contributed by atoms with Crippen molar-refractivity contribution in [3.8, 4) is 0 Å². The molecule has 0 aliphatic heterocycles. The van der Waals surface area contributed by atoms with Crippen LogP contribution in [-0.2, 0) is 22.6 Å². The Bertz CT molecular complexity index is 304. The van der Waals surface area contributed by atoms with E-state index in [9.17, 15) is 4.79 Å². The van der Waals surface area contributed by atoms with Crippen LogP contribution in [-0.4, -0.2) is 11.0 Å². The molecular weight excluding hydrogens is 182 g/mol. The molecule has 0 spiro atoms. The third kappa shape index (κ3) is 3.60. The molecule has 14 heavy (non-hydrogen) atoms. The Kier molecular flexibility index (Phi) is 3.68. The summed E-state index contributed by atoms with van der Waals surface area (Å²) >= 11 is 0. The van der Waals surface area contributed by atoms with E-state index in [1.807, 2.05) is 0 Å². The van der Waals surface area contributed by atoms with Crippen molar-refractivity contribution >= 4 is 5.97 Å². The van der Waals surface area contributed by atoms with Crippen LogP contribution >= 0.6 is 0 Å². The lowest BCUT2D eigenvalue weighted by Crippen LogP contribution is -1.97. The molecule has 0 atom stereocenters. The van der Waals surface area contributed by atoms with Gasteiger partial charge in [-0.15, -0.1) is 0 Å². The summed E-state index contributed by atoms with van der Waals surface area (Å²) in [7, 11) is 0. The number of nitrogens with zero attached hydrogens (tertiary/aromatic N) is 1. The van der Waals surface area contributed by atoms with Crippen LogP contribution in [0.25, 0.3) is 0 Å². The Balaban J connectivity index is 2.46. The fraction of sp³-hybridized carbons (Fsp3) is 0.600. The number of aromatic nitrogens is 1. The fourth-order valence-corrected chi connectivity index (χ4v) is 1.03. The van der Waals surface area contributed by atoms with Gasteiger partial charge in [-0.25, -0.2) is 4.98 Å². The first-order valence-corrected chi connectivity index (χ1v) is 4.65. The summed E-state index contributed by atoms with van der Waals surface area (Å²) in [6.07, 6.45) is 2.40. The summed E-state index contributed by atoms with van der Waals surface area (Å²) in [5, 5.41) is 0. The minimum Gasteiger partial charge on any atom is -0.458 e. The molecule has 1 rings (SSSR count). The van der Waals surface area contributed by atoms with E-state index in [1.54, 1.807) is 6.20 Å². The van der Waals surface area contributed by atoms with E-state index in [4.69, 9.17) is 9.15 Å². The van der Waals surface area contributed by atoms with Crippen molar-refractivity contribution in [2.24, 2.45) is 5.92 Å². The standard InChI is InChI=1S/C10H15NO3/c1-7(2)4-10-11-5-9(14-10)6-13-8(3)12/h5,7H,4,6H2,1-3H3. The minimum atomic E-state index is -0.313. The van der Waals surface area contributed by atoms with Crippen LogP contribution < -0.4 is 0 Å². The summed E-state index contributed by atoms with van der Waals surface area (Å²) in [4.78, 5) is 14.6. The number of rotatable bonds is 4. The second-order valence-corrected chi connectivity index (χ2v) is 3.60. The Morgan fingerprint density at radius 2 is 2.36 bits per heavy atom. The molecule has 0 aliphatic rings. The highest BCUT2D eigenvalue weighted by Gasteiger charge is 2.06. The molecule has 0 saturated heterocycles. The second-order valence-electron chi connectivity index (χ2n) is 3.60. The molecule has 78 valence electrons. The third-order valence-corrected chi connectivity index (χ3v) is 1.60. The molecule has 4 nitrogen and oxygen atoms in total. The average Bonchev–Trinajstić information content (AvgIpc) is 2.47. The van der Waals surface area contributed by atoms with Crippen LogP contribution in [0.2, 0.25) is 0 Å². The molecule has 0 aliphatic carbocycles. The number of oxazole rings is 1. The lowest BCUT2D eigenvalue weighted by Gasteiger charge is -1.99. The van der Waals surface area contributed by atoms with Gasteiger partial charge < -0.3 is 9.15 Å². The number of carbonyl (C=O) groups excluding carboxylic acids is 1. The van der Waals surface area contributed by atoms with Crippen LogP contribution in [0.3, 0.4) is 0 Å². The van der Waals surface area contributed by atoms with Gasteiger partial charge in [-0.05, 0) is 5.92 Å². The van der Waals surface area contributed by atoms with Gasteiger partial charge in [-0.2, -0.15) is 0 Å². The van der Waals surface area contributed by atoms with Crippen LogP contribution in [0.1, 0.15) is 32.4 Å². The van der Waals surface area contributed by atoms with Crippen LogP contribution in [0.5, 0.6) is 0 Å². The lowest BCUT2D eigenvalue weighted by atomic mass is 10.1. The fourth-order valence-electron chi connectivity index (χ4n) is 1.03. The Morgan fingerprint density at radius 1 is 1.64 bits per heavy atom. The summed E-state index contributed by atoms with van der Waals surface area (Å²) in [5.74, 6) is 1.49. The van der Waals surface area contributed by atoms with Crippen molar-refractivity contribution in [3.63, 3.8) is 0 Å². The zero-order chi connectivity index (χ0) is 10.6. The minimum absolute atomic E-state index is 0.167. The molecule has 0 aromatic carbocycles. The molecular formula is C10H15NO3. The van der Waals surface area contributed by atoms with Crippen molar-refractivity contribution in [1.29, 1.82) is 0 Å². The summed E-state index contributed by atoms with van der Waals surface area (Å²) in [6, 6.07) is 0. The maximum atomic E-state index is 10.5. The molecule has 0 unspecified atom stereocenters. The third-order valence-electron chi connectivity index (χ3n) is 1.60. The van der Waals surface area contributed by atoms with E-state index in [0.717, 1.165) is 6.42 Å². The quantitative estimate of drug-likeness (QED) is 0.692. The molecule has 1 aromatic rings. The van der Waals surface area contributed by atoms with Gasteiger partial charge in [0.1, 0.15) is 0 Å². The van der Waals surface area contributed by atoms with Crippen LogP contribution in [0.15, 0.2) is 10.6 Å². The van der Waals surface area contributed by atoms with Gasteiger partial charge >= 0.3 is 5.97 Å². The summed E-state index contributed by atoms with van der Waals surface area (Å²) < 4.78 is 10.1. The first-order chi connectivity index (χ1) is 6.58. The molecule has 1 heterocycles. The van der Waals surface area contributed by atoms with Gasteiger partial charge in [-0.1, -0.05) is 13.8 Å². The lowest BCUT2D eigenvalue weighted by molar-refractivity contribution is -0.142. The van der Waals surface area contributed by atoms with Crippen molar-refractivity contribution in [2.75, 3.05) is 0 Å². The maximum Gasteiger partial charge on any atom is 0.303 e. The van der Waals surface area contributed by atoms with E-state index in [1.165, 1.54) is 6.92 Å². The topological polar surface area (TPSA) is 52.3 Å². The SMILES string of the molecule is CC(=O)OCc1cnc(CC(C)C)o1. The van der Waals surface area contributed by atoms with Gasteiger partial charge in [0.05, 0.1) is 6.20 Å². The molecule has 0 amide bonds. The van der Waals surface area contributed by atoms with Crippen molar-refractivity contribution < 1.29 is 13.9 Å². The van der Waals surface area contributed by atoms with E-state index in [-0.39, 0.29) is 12.6 Å². The van der Waals surface area contributed by atoms with E-state index >= 15 is 0 Å². The molecule has 0 bridgehead atoms. The van der Waals surface area contributed by atoms with Gasteiger partial charge in [0.25, 0.3) is 0 Å². The predicted octanol–water partition coefficient (Wildman–Crippen LogP) is 1.94. The Morgan fingerprint density at radius 3 is 2.93 bits per heavy atom. The number of ether oxygens (including phenoxy) is 1. The molecule has 1 aromatic heterocycles. The monoisotopic (exact) mass is 197 g/mol. The molecule has 0 fully saturated rings. The number of hydrogen-bond acceptors (Lipinski definition) is 4. The van der Waals surface area contributed by atoms with E-state index in [0.29, 0.717) is 17.6 Å². The molecule has 0 N–H and O–H groups in total.